The number of amides is 2. The van der Waals surface area contributed by atoms with Gasteiger partial charge >= 0.3 is 6.09 Å². The highest BCUT2D eigenvalue weighted by Crippen LogP contribution is 2.45. The number of aliphatic hydroxyl groups is 1. The number of benzene rings is 2. The number of pyridine rings is 1. The Hall–Kier alpha value is -3.69. The van der Waals surface area contributed by atoms with Crippen molar-refractivity contribution in [3.05, 3.63) is 81.8 Å². The summed E-state index contributed by atoms with van der Waals surface area (Å²) < 4.78 is 7.05. The van der Waals surface area contributed by atoms with E-state index in [2.05, 4.69) is 0 Å². The smallest absolute Gasteiger partial charge is 0.408 e. The maximum Gasteiger partial charge on any atom is 0.408 e. The van der Waals surface area contributed by atoms with E-state index in [1.807, 2.05) is 49.9 Å². The predicted octanol–water partition coefficient (Wildman–Crippen LogP) is 4.06. The lowest BCUT2D eigenvalue weighted by atomic mass is 9.75. The average Bonchev–Trinajstić information content (AvgIpc) is 3.19. The Morgan fingerprint density at radius 2 is 1.73 bits per heavy atom. The molecule has 2 N–H and O–H groups in total. The van der Waals surface area contributed by atoms with E-state index in [0.29, 0.717) is 36.0 Å². The normalized spacial score (nSPS) is 24.8. The minimum Gasteiger partial charge on any atom is -0.465 e. The Balaban J connectivity index is 1.28. The van der Waals surface area contributed by atoms with Crippen molar-refractivity contribution in [2.24, 2.45) is 5.41 Å². The lowest BCUT2D eigenvalue weighted by molar-refractivity contribution is -0.0144. The molecule has 41 heavy (non-hydrogen) atoms. The summed E-state index contributed by atoms with van der Waals surface area (Å²) in [5.41, 5.74) is 1.79. The molecule has 2 amide bonds. The van der Waals surface area contributed by atoms with E-state index in [1.165, 1.54) is 9.47 Å². The molecule has 3 unspecified atom stereocenters. The number of carbonyl (C=O) groups excluding carboxylic acids is 1. The Kier molecular flexibility index (Phi) is 6.90. The monoisotopic (exact) mass is 559 g/mol. The molecule has 3 aromatic rings. The highest BCUT2D eigenvalue weighted by molar-refractivity contribution is 5.99. The third kappa shape index (κ3) is 4.81. The van der Waals surface area contributed by atoms with Gasteiger partial charge in [-0.3, -0.25) is 14.5 Å². The minimum atomic E-state index is -1.11. The van der Waals surface area contributed by atoms with Crippen LogP contribution in [0.25, 0.3) is 10.8 Å². The van der Waals surface area contributed by atoms with Crippen LogP contribution in [-0.4, -0.2) is 74.0 Å². The van der Waals surface area contributed by atoms with Crippen molar-refractivity contribution in [2.75, 3.05) is 13.2 Å². The second-order valence-corrected chi connectivity index (χ2v) is 12.7. The summed E-state index contributed by atoms with van der Waals surface area (Å²) in [5, 5.41) is 22.8. The van der Waals surface area contributed by atoms with Gasteiger partial charge in [0.15, 0.2) is 0 Å². The minimum absolute atomic E-state index is 0.0398. The summed E-state index contributed by atoms with van der Waals surface area (Å²) in [4.78, 5) is 42.7. The number of ether oxygens (including phenoxy) is 1. The number of carboxylic acid groups (broad SMARTS) is 1. The van der Waals surface area contributed by atoms with E-state index in [9.17, 15) is 24.6 Å². The van der Waals surface area contributed by atoms with Crippen LogP contribution in [0.15, 0.2) is 59.5 Å². The van der Waals surface area contributed by atoms with E-state index in [1.54, 1.807) is 30.5 Å². The Labute approximate surface area is 238 Å². The molecule has 5 atom stereocenters. The fraction of sp³-hybridized carbons (Fsp3) is 0.469. The fourth-order valence-corrected chi connectivity index (χ4v) is 7.11. The first-order valence-electron chi connectivity index (χ1n) is 14.4. The van der Waals surface area contributed by atoms with Crippen LogP contribution in [-0.2, 0) is 17.7 Å². The molecular weight excluding hydrogens is 522 g/mol. The largest absolute Gasteiger partial charge is 0.465 e. The van der Waals surface area contributed by atoms with Gasteiger partial charge in [0.05, 0.1) is 50.0 Å². The van der Waals surface area contributed by atoms with Crippen LogP contribution < -0.4 is 5.56 Å². The maximum absolute atomic E-state index is 13.5. The van der Waals surface area contributed by atoms with Crippen LogP contribution >= 0.6 is 0 Å². The Morgan fingerprint density at radius 1 is 1.02 bits per heavy atom. The Bertz CT molecular complexity index is 1540. The molecule has 0 spiro atoms. The number of carbonyl (C=O) groups is 2. The molecule has 2 fully saturated rings. The zero-order valence-electron chi connectivity index (χ0n) is 23.7. The number of nitrogens with zero attached hydrogens (tertiary/aromatic N) is 3. The predicted molar refractivity (Wildman–Crippen MR) is 154 cm³/mol. The molecule has 3 aliphatic rings. The zero-order chi connectivity index (χ0) is 29.1. The molecular formula is C32H37N3O6. The summed E-state index contributed by atoms with van der Waals surface area (Å²) in [5.74, 6) is -0.0398. The molecule has 6 rings (SSSR count). The number of fused-ring (bicyclic) bond motifs is 4. The lowest BCUT2D eigenvalue weighted by Crippen LogP contribution is -2.56. The molecule has 9 nitrogen and oxygen atoms in total. The van der Waals surface area contributed by atoms with Crippen molar-refractivity contribution in [3.63, 3.8) is 0 Å². The van der Waals surface area contributed by atoms with E-state index in [-0.39, 0.29) is 30.1 Å². The summed E-state index contributed by atoms with van der Waals surface area (Å²) in [6, 6.07) is 13.7. The molecule has 0 radical (unpaired) electrons. The third-order valence-electron chi connectivity index (χ3n) is 8.98. The molecule has 0 aliphatic carbocycles. The fourth-order valence-electron chi connectivity index (χ4n) is 7.11. The maximum atomic E-state index is 13.5. The second-order valence-electron chi connectivity index (χ2n) is 12.7. The van der Waals surface area contributed by atoms with E-state index < -0.39 is 29.7 Å². The molecule has 2 saturated heterocycles. The van der Waals surface area contributed by atoms with Crippen LogP contribution in [0.2, 0.25) is 0 Å². The number of hydrogen-bond donors (Lipinski definition) is 2. The molecule has 2 aromatic carbocycles. The van der Waals surface area contributed by atoms with Gasteiger partial charge in [-0.25, -0.2) is 4.79 Å². The summed E-state index contributed by atoms with van der Waals surface area (Å²) in [6.45, 7) is 7.05. The Morgan fingerprint density at radius 3 is 2.41 bits per heavy atom. The van der Waals surface area contributed by atoms with Crippen molar-refractivity contribution in [1.29, 1.82) is 0 Å². The van der Waals surface area contributed by atoms with Crippen LogP contribution in [0, 0.1) is 5.41 Å². The van der Waals surface area contributed by atoms with Crippen molar-refractivity contribution < 1.29 is 24.5 Å². The van der Waals surface area contributed by atoms with E-state index in [4.69, 9.17) is 4.74 Å². The van der Waals surface area contributed by atoms with E-state index >= 15 is 0 Å². The number of morpholine rings is 1. The summed E-state index contributed by atoms with van der Waals surface area (Å²) in [7, 11) is 0. The molecule has 1 aromatic heterocycles. The van der Waals surface area contributed by atoms with Gasteiger partial charge in [-0.2, -0.15) is 0 Å². The third-order valence-corrected chi connectivity index (χ3v) is 8.98. The number of aromatic nitrogens is 1. The first-order valence-corrected chi connectivity index (χ1v) is 14.4. The van der Waals surface area contributed by atoms with E-state index in [0.717, 1.165) is 24.0 Å². The number of aliphatic hydroxyl groups excluding tert-OH is 1. The molecule has 0 saturated carbocycles. The van der Waals surface area contributed by atoms with Gasteiger partial charge in [0, 0.05) is 17.1 Å². The van der Waals surface area contributed by atoms with Crippen molar-refractivity contribution in [2.45, 2.75) is 76.8 Å². The molecule has 216 valence electrons. The van der Waals surface area contributed by atoms with Crippen molar-refractivity contribution >= 4 is 22.8 Å². The average molecular weight is 560 g/mol. The second kappa shape index (κ2) is 10.3. The number of rotatable bonds is 4. The zero-order valence-corrected chi connectivity index (χ0v) is 23.7. The summed E-state index contributed by atoms with van der Waals surface area (Å²) in [6.07, 6.45) is 1.65. The molecule has 9 heteroatoms. The lowest BCUT2D eigenvalue weighted by Gasteiger charge is -2.48. The first kappa shape index (κ1) is 27.5. The highest BCUT2D eigenvalue weighted by atomic mass is 16.5. The molecule has 3 aliphatic heterocycles. The molecule has 4 heterocycles. The van der Waals surface area contributed by atoms with Gasteiger partial charge in [0.1, 0.15) is 0 Å². The van der Waals surface area contributed by atoms with Gasteiger partial charge < -0.3 is 24.4 Å². The van der Waals surface area contributed by atoms with Gasteiger partial charge in [0.2, 0.25) is 0 Å². The summed E-state index contributed by atoms with van der Waals surface area (Å²) >= 11 is 0. The molecule has 2 bridgehead atoms. The highest BCUT2D eigenvalue weighted by Gasteiger charge is 2.45. The topological polar surface area (TPSA) is 112 Å². The van der Waals surface area contributed by atoms with Crippen molar-refractivity contribution in [3.8, 4) is 0 Å². The van der Waals surface area contributed by atoms with Crippen LogP contribution in [0.3, 0.4) is 0 Å². The van der Waals surface area contributed by atoms with Gasteiger partial charge in [-0.15, -0.1) is 0 Å². The van der Waals surface area contributed by atoms with Gasteiger partial charge in [0.25, 0.3) is 11.5 Å². The number of hydrogen-bond acceptors (Lipinski definition) is 5. The van der Waals surface area contributed by atoms with Gasteiger partial charge in [-0.05, 0) is 65.5 Å². The SMILES string of the molecule is CC(C)(C)C1c2ccccc2C[C@@H]([C@H](O)Cn2ccc3cc(C(=O)N4C5CCC4COC5)ccc3c2=O)N1C(=O)O. The van der Waals surface area contributed by atoms with Gasteiger partial charge in [-0.1, -0.05) is 45.0 Å². The van der Waals surface area contributed by atoms with Crippen LogP contribution in [0.1, 0.15) is 61.1 Å². The quantitative estimate of drug-likeness (QED) is 0.499. The van der Waals surface area contributed by atoms with Crippen molar-refractivity contribution in [1.82, 2.24) is 14.4 Å². The van der Waals surface area contributed by atoms with Crippen LogP contribution in [0.5, 0.6) is 0 Å². The first-order chi connectivity index (χ1) is 19.5. The van der Waals surface area contributed by atoms with Crippen LogP contribution in [0.4, 0.5) is 4.79 Å². The standard InChI is InChI=1S/C32H37N3O6/c1-32(2,3)28-24-7-5-4-6-19(24)15-26(35(28)31(39)40)27(36)16-33-13-12-20-14-21(8-11-25(20)30(33)38)29(37)34-22-9-10-23(34)18-41-17-22/h4-8,11-14,22-23,26-28,36H,9-10,15-18H2,1-3H3,(H,39,40)/t22?,23?,26-,27+,28?/m0/s1.